The van der Waals surface area contributed by atoms with Gasteiger partial charge in [0.15, 0.2) is 0 Å². The maximum absolute atomic E-state index is 12.5. The van der Waals surface area contributed by atoms with Gasteiger partial charge in [-0.2, -0.15) is 0 Å². The predicted molar refractivity (Wildman–Crippen MR) is 74.6 cm³/mol. The minimum absolute atomic E-state index is 0.137. The summed E-state index contributed by atoms with van der Waals surface area (Å²) in [6.45, 7) is 1.69. The van der Waals surface area contributed by atoms with Crippen LogP contribution in [0.5, 0.6) is 5.88 Å². The zero-order valence-electron chi connectivity index (χ0n) is 11.6. The van der Waals surface area contributed by atoms with Gasteiger partial charge < -0.3 is 9.64 Å². The molecule has 20 heavy (non-hydrogen) atoms. The number of amides is 1. The van der Waals surface area contributed by atoms with E-state index in [1.165, 1.54) is 32.1 Å². The second kappa shape index (κ2) is 4.76. The van der Waals surface area contributed by atoms with Crippen LogP contribution in [0.1, 0.15) is 42.5 Å². The number of carbonyl (C=O) groups is 1. The van der Waals surface area contributed by atoms with Gasteiger partial charge in [0, 0.05) is 24.8 Å². The molecule has 4 rings (SSSR count). The molecule has 0 spiro atoms. The minimum Gasteiger partial charge on any atom is -0.477 e. The van der Waals surface area contributed by atoms with Crippen LogP contribution < -0.4 is 4.74 Å². The van der Waals surface area contributed by atoms with Crippen LogP contribution in [0, 0.1) is 11.8 Å². The van der Waals surface area contributed by atoms with Crippen molar-refractivity contribution < 1.29 is 9.53 Å². The number of hydrogen-bond donors (Lipinski definition) is 0. The predicted octanol–water partition coefficient (Wildman–Crippen LogP) is 2.49. The molecule has 4 heteroatoms. The van der Waals surface area contributed by atoms with Crippen molar-refractivity contribution in [2.24, 2.45) is 11.8 Å². The average Bonchev–Trinajstić information content (AvgIpc) is 3.08. The smallest absolute Gasteiger partial charge is 0.255 e. The van der Waals surface area contributed by atoms with E-state index < -0.39 is 0 Å². The van der Waals surface area contributed by atoms with Gasteiger partial charge in [0.05, 0.1) is 12.2 Å². The van der Waals surface area contributed by atoms with E-state index in [1.54, 1.807) is 6.20 Å². The zero-order valence-corrected chi connectivity index (χ0v) is 11.6. The average molecular weight is 272 g/mol. The van der Waals surface area contributed by atoms with E-state index in [-0.39, 0.29) is 5.91 Å². The van der Waals surface area contributed by atoms with Crippen molar-refractivity contribution in [1.82, 2.24) is 9.88 Å². The molecular weight excluding hydrogens is 252 g/mol. The number of rotatable bonds is 4. The summed E-state index contributed by atoms with van der Waals surface area (Å²) >= 11 is 0. The third-order valence-electron chi connectivity index (χ3n) is 4.82. The highest BCUT2D eigenvalue weighted by Crippen LogP contribution is 2.38. The Hall–Kier alpha value is -1.58. The normalized spacial score (nSPS) is 27.9. The second-order valence-electron chi connectivity index (χ2n) is 6.43. The third-order valence-corrected chi connectivity index (χ3v) is 4.82. The van der Waals surface area contributed by atoms with Crippen LogP contribution in [0.3, 0.4) is 0 Å². The fourth-order valence-electron chi connectivity index (χ4n) is 3.42. The zero-order chi connectivity index (χ0) is 13.5. The van der Waals surface area contributed by atoms with Crippen LogP contribution >= 0.6 is 0 Å². The molecule has 1 aromatic heterocycles. The van der Waals surface area contributed by atoms with Crippen molar-refractivity contribution in [3.05, 3.63) is 23.9 Å². The first kappa shape index (κ1) is 12.2. The third kappa shape index (κ3) is 2.28. The lowest BCUT2D eigenvalue weighted by molar-refractivity contribution is 0.0703. The Kier molecular flexibility index (Phi) is 2.90. The van der Waals surface area contributed by atoms with Gasteiger partial charge in [0.2, 0.25) is 5.88 Å². The van der Waals surface area contributed by atoms with Crippen molar-refractivity contribution in [3.8, 4) is 5.88 Å². The van der Waals surface area contributed by atoms with Gasteiger partial charge in [-0.1, -0.05) is 0 Å². The van der Waals surface area contributed by atoms with Gasteiger partial charge in [0.25, 0.3) is 5.91 Å². The first-order valence-electron chi connectivity index (χ1n) is 7.69. The van der Waals surface area contributed by atoms with E-state index in [1.807, 2.05) is 17.0 Å². The van der Waals surface area contributed by atoms with Crippen molar-refractivity contribution >= 4 is 5.91 Å². The quantitative estimate of drug-likeness (QED) is 0.845. The lowest BCUT2D eigenvalue weighted by Crippen LogP contribution is -2.37. The summed E-state index contributed by atoms with van der Waals surface area (Å²) in [4.78, 5) is 18.8. The van der Waals surface area contributed by atoms with Crippen LogP contribution in [-0.4, -0.2) is 35.0 Å². The Morgan fingerprint density at radius 2 is 2.20 bits per heavy atom. The number of fused-ring (bicyclic) bond motifs is 2. The summed E-state index contributed by atoms with van der Waals surface area (Å²) in [6, 6.07) is 4.14. The molecule has 3 fully saturated rings. The molecule has 2 atom stereocenters. The first-order valence-corrected chi connectivity index (χ1v) is 7.69. The highest BCUT2D eigenvalue weighted by Gasteiger charge is 2.40. The van der Waals surface area contributed by atoms with Gasteiger partial charge in [-0.05, 0) is 50.0 Å². The van der Waals surface area contributed by atoms with Crippen molar-refractivity contribution in [1.29, 1.82) is 0 Å². The Balaban J connectivity index is 1.41. The van der Waals surface area contributed by atoms with E-state index in [0.717, 1.165) is 25.0 Å². The number of ether oxygens (including phenoxy) is 1. The van der Waals surface area contributed by atoms with E-state index in [4.69, 9.17) is 4.74 Å². The van der Waals surface area contributed by atoms with E-state index in [2.05, 4.69) is 4.98 Å². The molecule has 1 aliphatic heterocycles. The van der Waals surface area contributed by atoms with E-state index in [0.29, 0.717) is 17.5 Å². The fourth-order valence-corrected chi connectivity index (χ4v) is 3.42. The van der Waals surface area contributed by atoms with Crippen LogP contribution in [0.25, 0.3) is 0 Å². The van der Waals surface area contributed by atoms with Crippen molar-refractivity contribution in [3.63, 3.8) is 0 Å². The van der Waals surface area contributed by atoms with Gasteiger partial charge in [-0.3, -0.25) is 4.79 Å². The van der Waals surface area contributed by atoms with Crippen LogP contribution in [0.15, 0.2) is 18.3 Å². The monoisotopic (exact) mass is 272 g/mol. The molecule has 3 aliphatic rings. The minimum atomic E-state index is 0.137. The molecule has 0 radical (unpaired) electrons. The topological polar surface area (TPSA) is 42.4 Å². The number of nitrogens with zero attached hydrogens (tertiary/aromatic N) is 2. The van der Waals surface area contributed by atoms with Crippen molar-refractivity contribution in [2.45, 2.75) is 38.1 Å². The largest absolute Gasteiger partial charge is 0.477 e. The summed E-state index contributed by atoms with van der Waals surface area (Å²) in [6.07, 6.45) is 7.87. The molecule has 2 aliphatic carbocycles. The highest BCUT2D eigenvalue weighted by atomic mass is 16.5. The Morgan fingerprint density at radius 1 is 1.30 bits per heavy atom. The molecule has 1 saturated heterocycles. The summed E-state index contributed by atoms with van der Waals surface area (Å²) in [7, 11) is 0. The molecule has 0 N–H and O–H groups in total. The maximum Gasteiger partial charge on any atom is 0.255 e. The molecule has 4 nitrogen and oxygen atoms in total. The molecule has 2 saturated carbocycles. The maximum atomic E-state index is 12.5. The molecule has 0 aromatic carbocycles. The Morgan fingerprint density at radius 3 is 2.80 bits per heavy atom. The number of likely N-dealkylation sites (tertiary alicyclic amines) is 1. The Bertz CT molecular complexity index is 510. The number of carbonyl (C=O) groups excluding carboxylic acids is 1. The lowest BCUT2D eigenvalue weighted by atomic mass is 10.1. The van der Waals surface area contributed by atoms with Gasteiger partial charge >= 0.3 is 0 Å². The molecular formula is C16H20N2O2. The lowest BCUT2D eigenvalue weighted by Gasteiger charge is -2.26. The summed E-state index contributed by atoms with van der Waals surface area (Å²) in [5.74, 6) is 2.23. The summed E-state index contributed by atoms with van der Waals surface area (Å²) < 4.78 is 5.60. The summed E-state index contributed by atoms with van der Waals surface area (Å²) in [5.41, 5.74) is 0.691. The molecule has 2 heterocycles. The molecule has 0 unspecified atom stereocenters. The van der Waals surface area contributed by atoms with E-state index in [9.17, 15) is 4.79 Å². The van der Waals surface area contributed by atoms with Crippen LogP contribution in [0.4, 0.5) is 0 Å². The van der Waals surface area contributed by atoms with Crippen molar-refractivity contribution in [2.75, 3.05) is 13.2 Å². The van der Waals surface area contributed by atoms with Crippen LogP contribution in [0.2, 0.25) is 0 Å². The standard InChI is InChI=1S/C16H20N2O2/c19-16(18-9-12-3-5-14(18)7-12)13-4-6-15(17-8-13)20-10-11-1-2-11/h4,6,8,11-12,14H,1-3,5,7,9-10H2/t12-,14-/m0/s1. The summed E-state index contributed by atoms with van der Waals surface area (Å²) in [5, 5.41) is 0. The molecule has 1 amide bonds. The fraction of sp³-hybridized carbons (Fsp3) is 0.625. The molecule has 1 aromatic rings. The molecule has 2 bridgehead atoms. The SMILES string of the molecule is O=C(c1ccc(OCC2CC2)nc1)N1C[C@H]2CC[C@H]1C2. The number of hydrogen-bond acceptors (Lipinski definition) is 3. The molecule has 106 valence electrons. The van der Waals surface area contributed by atoms with Crippen LogP contribution in [-0.2, 0) is 0 Å². The highest BCUT2D eigenvalue weighted by molar-refractivity contribution is 5.94. The second-order valence-corrected chi connectivity index (χ2v) is 6.43. The number of piperidine rings is 1. The van der Waals surface area contributed by atoms with E-state index >= 15 is 0 Å². The number of pyridine rings is 1. The van der Waals surface area contributed by atoms with Gasteiger partial charge in [-0.15, -0.1) is 0 Å². The van der Waals surface area contributed by atoms with Gasteiger partial charge in [0.1, 0.15) is 0 Å². The van der Waals surface area contributed by atoms with Gasteiger partial charge in [-0.25, -0.2) is 4.98 Å². The number of aromatic nitrogens is 1. The Labute approximate surface area is 119 Å². The first-order chi connectivity index (χ1) is 9.79.